The second-order valence-electron chi connectivity index (χ2n) is 3.15. The molecule has 0 fully saturated rings. The monoisotopic (exact) mass is 200 g/mol. The summed E-state index contributed by atoms with van der Waals surface area (Å²) in [5.74, 6) is -1.38. The average molecular weight is 200 g/mol. The van der Waals surface area contributed by atoms with Crippen molar-refractivity contribution in [2.24, 2.45) is 5.92 Å². The molecule has 4 heteroatoms. The molecule has 0 aromatic rings. The summed E-state index contributed by atoms with van der Waals surface area (Å²) in [6.45, 7) is 3.71. The highest BCUT2D eigenvalue weighted by atomic mass is 16.5. The van der Waals surface area contributed by atoms with Crippen molar-refractivity contribution in [2.75, 3.05) is 14.2 Å². The molecule has 1 atom stereocenters. The standard InChI is InChI=1S/C10H16O4/c1-7(2)5-8(10(12)14-4)6-9(11)13-3/h5,8H,6H2,1-4H3. The molecule has 1 unspecified atom stereocenters. The Kier molecular flexibility index (Phi) is 5.60. The van der Waals surface area contributed by atoms with Gasteiger partial charge in [-0.05, 0) is 13.8 Å². The minimum Gasteiger partial charge on any atom is -0.469 e. The van der Waals surface area contributed by atoms with E-state index in [1.807, 2.05) is 13.8 Å². The molecule has 0 amide bonds. The molecule has 0 aliphatic carbocycles. The molecule has 0 N–H and O–H groups in total. The zero-order valence-electron chi connectivity index (χ0n) is 8.99. The maximum Gasteiger partial charge on any atom is 0.313 e. The minimum absolute atomic E-state index is 0.0222. The van der Waals surface area contributed by atoms with Crippen LogP contribution >= 0.6 is 0 Å². The second kappa shape index (κ2) is 6.18. The topological polar surface area (TPSA) is 52.6 Å². The molecule has 0 saturated heterocycles. The number of hydrogen-bond acceptors (Lipinski definition) is 4. The van der Waals surface area contributed by atoms with E-state index in [4.69, 9.17) is 0 Å². The smallest absolute Gasteiger partial charge is 0.313 e. The minimum atomic E-state index is -0.544. The highest BCUT2D eigenvalue weighted by Crippen LogP contribution is 2.11. The van der Waals surface area contributed by atoms with E-state index in [9.17, 15) is 9.59 Å². The fourth-order valence-electron chi connectivity index (χ4n) is 1.03. The number of hydrogen-bond donors (Lipinski definition) is 0. The van der Waals surface area contributed by atoms with Gasteiger partial charge in [-0.25, -0.2) is 0 Å². The van der Waals surface area contributed by atoms with E-state index in [-0.39, 0.29) is 6.42 Å². The van der Waals surface area contributed by atoms with Gasteiger partial charge in [0.15, 0.2) is 0 Å². The Morgan fingerprint density at radius 3 is 2.14 bits per heavy atom. The van der Waals surface area contributed by atoms with Crippen LogP contribution < -0.4 is 0 Å². The summed E-state index contributed by atoms with van der Waals surface area (Å²) in [6.07, 6.45) is 1.72. The Bertz CT molecular complexity index is 239. The molecule has 0 aliphatic rings. The molecule has 0 heterocycles. The first-order valence-corrected chi connectivity index (χ1v) is 4.31. The van der Waals surface area contributed by atoms with E-state index in [1.54, 1.807) is 6.08 Å². The Balaban J connectivity index is 4.48. The van der Waals surface area contributed by atoms with Gasteiger partial charge in [0.1, 0.15) is 0 Å². The maximum absolute atomic E-state index is 11.2. The predicted octanol–water partition coefficient (Wildman–Crippen LogP) is 1.30. The lowest BCUT2D eigenvalue weighted by Crippen LogP contribution is -2.19. The van der Waals surface area contributed by atoms with Gasteiger partial charge in [0.05, 0.1) is 26.6 Å². The molecule has 0 spiro atoms. The molecule has 0 aliphatic heterocycles. The van der Waals surface area contributed by atoms with Gasteiger partial charge in [0.2, 0.25) is 0 Å². The lowest BCUT2D eigenvalue weighted by atomic mass is 10.0. The van der Waals surface area contributed by atoms with Gasteiger partial charge in [0.25, 0.3) is 0 Å². The number of carbonyl (C=O) groups excluding carboxylic acids is 2. The molecule has 0 saturated carbocycles. The van der Waals surface area contributed by atoms with Crippen LogP contribution in [0.25, 0.3) is 0 Å². The van der Waals surface area contributed by atoms with E-state index in [0.717, 1.165) is 5.57 Å². The summed E-state index contributed by atoms with van der Waals surface area (Å²) in [4.78, 5) is 22.2. The largest absolute Gasteiger partial charge is 0.469 e. The van der Waals surface area contributed by atoms with E-state index in [1.165, 1.54) is 14.2 Å². The molecule has 0 radical (unpaired) electrons. The fraction of sp³-hybridized carbons (Fsp3) is 0.600. The van der Waals surface area contributed by atoms with Crippen molar-refractivity contribution in [3.63, 3.8) is 0 Å². The predicted molar refractivity (Wildman–Crippen MR) is 51.6 cm³/mol. The van der Waals surface area contributed by atoms with Gasteiger partial charge in [-0.15, -0.1) is 0 Å². The zero-order chi connectivity index (χ0) is 11.1. The molecule has 4 nitrogen and oxygen atoms in total. The van der Waals surface area contributed by atoms with Crippen LogP contribution in [0.15, 0.2) is 11.6 Å². The molecule has 0 aromatic carbocycles. The molecule has 0 aromatic heterocycles. The first-order chi connectivity index (χ1) is 6.51. The Hall–Kier alpha value is -1.32. The SMILES string of the molecule is COC(=O)CC(C=C(C)C)C(=O)OC. The highest BCUT2D eigenvalue weighted by molar-refractivity contribution is 5.81. The summed E-state index contributed by atoms with van der Waals surface area (Å²) in [6, 6.07) is 0. The maximum atomic E-state index is 11.2. The van der Waals surface area contributed by atoms with E-state index >= 15 is 0 Å². The van der Waals surface area contributed by atoms with Crippen LogP contribution in [0.1, 0.15) is 20.3 Å². The van der Waals surface area contributed by atoms with Crippen LogP contribution in [-0.4, -0.2) is 26.2 Å². The molecule has 14 heavy (non-hydrogen) atoms. The van der Waals surface area contributed by atoms with Crippen LogP contribution in [0.5, 0.6) is 0 Å². The van der Waals surface area contributed by atoms with Gasteiger partial charge in [-0.2, -0.15) is 0 Å². The van der Waals surface area contributed by atoms with Crippen molar-refractivity contribution in [3.8, 4) is 0 Å². The number of ether oxygens (including phenoxy) is 2. The summed E-state index contributed by atoms with van der Waals surface area (Å²) in [7, 11) is 2.59. The molecule has 80 valence electrons. The van der Waals surface area contributed by atoms with Gasteiger partial charge in [-0.1, -0.05) is 11.6 Å². The van der Waals surface area contributed by atoms with Crippen molar-refractivity contribution in [2.45, 2.75) is 20.3 Å². The van der Waals surface area contributed by atoms with Crippen molar-refractivity contribution >= 4 is 11.9 Å². The quantitative estimate of drug-likeness (QED) is 0.507. The van der Waals surface area contributed by atoms with Gasteiger partial charge in [-0.3, -0.25) is 9.59 Å². The number of rotatable bonds is 4. The molecule has 0 rings (SSSR count). The van der Waals surface area contributed by atoms with E-state index < -0.39 is 17.9 Å². The summed E-state index contributed by atoms with van der Waals surface area (Å²) in [5.41, 5.74) is 0.962. The van der Waals surface area contributed by atoms with Crippen molar-refractivity contribution in [3.05, 3.63) is 11.6 Å². The number of carbonyl (C=O) groups is 2. The summed E-state index contributed by atoms with van der Waals surface area (Å²) < 4.78 is 9.05. The van der Waals surface area contributed by atoms with Crippen LogP contribution in [0.3, 0.4) is 0 Å². The Labute approximate surface area is 83.9 Å². The average Bonchev–Trinajstić information content (AvgIpc) is 2.14. The first kappa shape index (κ1) is 12.7. The lowest BCUT2D eigenvalue weighted by molar-refractivity contribution is -0.150. The number of methoxy groups -OCH3 is 2. The third-order valence-electron chi connectivity index (χ3n) is 1.65. The summed E-state index contributed by atoms with van der Waals surface area (Å²) in [5, 5.41) is 0. The van der Waals surface area contributed by atoms with Crippen LogP contribution in [0.2, 0.25) is 0 Å². The highest BCUT2D eigenvalue weighted by Gasteiger charge is 2.20. The fourth-order valence-corrected chi connectivity index (χ4v) is 1.03. The normalized spacial score (nSPS) is 11.4. The van der Waals surface area contributed by atoms with Crippen LogP contribution in [-0.2, 0) is 19.1 Å². The van der Waals surface area contributed by atoms with Gasteiger partial charge >= 0.3 is 11.9 Å². The summed E-state index contributed by atoms with van der Waals surface area (Å²) >= 11 is 0. The third-order valence-corrected chi connectivity index (χ3v) is 1.65. The van der Waals surface area contributed by atoms with Crippen molar-refractivity contribution in [1.29, 1.82) is 0 Å². The third kappa shape index (κ3) is 4.64. The van der Waals surface area contributed by atoms with E-state index in [2.05, 4.69) is 9.47 Å². The van der Waals surface area contributed by atoms with Crippen molar-refractivity contribution < 1.29 is 19.1 Å². The Morgan fingerprint density at radius 1 is 1.21 bits per heavy atom. The lowest BCUT2D eigenvalue weighted by Gasteiger charge is -2.09. The Morgan fingerprint density at radius 2 is 1.79 bits per heavy atom. The van der Waals surface area contributed by atoms with Gasteiger partial charge in [0, 0.05) is 0 Å². The zero-order valence-corrected chi connectivity index (χ0v) is 8.99. The number of esters is 2. The second-order valence-corrected chi connectivity index (χ2v) is 3.15. The molecular weight excluding hydrogens is 184 g/mol. The van der Waals surface area contributed by atoms with Crippen LogP contribution in [0, 0.1) is 5.92 Å². The molecular formula is C10H16O4. The van der Waals surface area contributed by atoms with E-state index in [0.29, 0.717) is 0 Å². The van der Waals surface area contributed by atoms with Crippen LogP contribution in [0.4, 0.5) is 0 Å². The first-order valence-electron chi connectivity index (χ1n) is 4.31. The number of allylic oxidation sites excluding steroid dienone is 1. The van der Waals surface area contributed by atoms with Gasteiger partial charge < -0.3 is 9.47 Å². The van der Waals surface area contributed by atoms with Crippen molar-refractivity contribution in [1.82, 2.24) is 0 Å². The molecule has 0 bridgehead atoms.